The Labute approximate surface area is 137 Å². The molecular weight excluding hydrogens is 292 g/mol. The fraction of sp³-hybridized carbons (Fsp3) is 0.750. The lowest BCUT2D eigenvalue weighted by Crippen LogP contribution is -2.62. The van der Waals surface area contributed by atoms with Crippen molar-refractivity contribution in [3.05, 3.63) is 17.0 Å². The number of aromatic nitrogens is 2. The van der Waals surface area contributed by atoms with E-state index >= 15 is 0 Å². The van der Waals surface area contributed by atoms with E-state index < -0.39 is 0 Å². The summed E-state index contributed by atoms with van der Waals surface area (Å²) in [4.78, 5) is 22.1. The third-order valence-corrected chi connectivity index (χ3v) is 5.51. The molecule has 4 rings (SSSR count). The number of piperazine rings is 2. The summed E-state index contributed by atoms with van der Waals surface area (Å²) >= 11 is 0. The number of amides is 1. The van der Waals surface area contributed by atoms with Crippen LogP contribution in [0.1, 0.15) is 21.7 Å². The molecule has 0 unspecified atom stereocenters. The number of aromatic amines is 1. The first-order chi connectivity index (χ1) is 11.1. The Morgan fingerprint density at radius 2 is 1.91 bits per heavy atom. The van der Waals surface area contributed by atoms with Gasteiger partial charge in [0.2, 0.25) is 0 Å². The maximum Gasteiger partial charge on any atom is 0.274 e. The molecule has 2 fully saturated rings. The van der Waals surface area contributed by atoms with Gasteiger partial charge in [-0.2, -0.15) is 5.10 Å². The lowest BCUT2D eigenvalue weighted by atomic mass is 10.0. The van der Waals surface area contributed by atoms with Crippen LogP contribution < -0.4 is 0 Å². The third kappa shape index (κ3) is 2.77. The molecule has 7 nitrogen and oxygen atoms in total. The fourth-order valence-electron chi connectivity index (χ4n) is 4.05. The first kappa shape index (κ1) is 15.1. The van der Waals surface area contributed by atoms with E-state index in [1.54, 1.807) is 0 Å². The van der Waals surface area contributed by atoms with Gasteiger partial charge in [-0.3, -0.25) is 14.8 Å². The molecule has 0 saturated carbocycles. The standard InChI is InChI=1S/C16H26N6O/c1-19-4-3-14-13(11-19)15(18-17-14)16(23)22-8-7-21-6-5-20(2)9-12(21)10-22/h12H,3-11H2,1-2H3,(H,17,18)/t12-/m0/s1. The molecule has 0 bridgehead atoms. The molecule has 1 N–H and O–H groups in total. The number of H-pyrrole nitrogens is 1. The quantitative estimate of drug-likeness (QED) is 0.754. The Bertz CT molecular complexity index is 599. The van der Waals surface area contributed by atoms with Crippen molar-refractivity contribution in [2.75, 3.05) is 59.9 Å². The lowest BCUT2D eigenvalue weighted by molar-refractivity contribution is 0.0186. The number of hydrogen-bond donors (Lipinski definition) is 1. The van der Waals surface area contributed by atoms with Crippen LogP contribution in [-0.2, 0) is 13.0 Å². The van der Waals surface area contributed by atoms with Crippen LogP contribution in [0, 0.1) is 0 Å². The van der Waals surface area contributed by atoms with Gasteiger partial charge in [0.15, 0.2) is 5.69 Å². The highest BCUT2D eigenvalue weighted by Crippen LogP contribution is 2.22. The summed E-state index contributed by atoms with van der Waals surface area (Å²) in [6, 6.07) is 0.462. The monoisotopic (exact) mass is 318 g/mol. The Balaban J connectivity index is 1.50. The second-order valence-corrected chi connectivity index (χ2v) is 7.22. The van der Waals surface area contributed by atoms with Crippen LogP contribution in [0.4, 0.5) is 0 Å². The Hall–Kier alpha value is -1.44. The predicted octanol–water partition coefficient (Wildman–Crippen LogP) is -0.531. The normalized spacial score (nSPS) is 26.9. The molecule has 0 aliphatic carbocycles. The van der Waals surface area contributed by atoms with Crippen molar-refractivity contribution >= 4 is 5.91 Å². The van der Waals surface area contributed by atoms with Crippen LogP contribution in [0.3, 0.4) is 0 Å². The van der Waals surface area contributed by atoms with E-state index in [4.69, 9.17) is 0 Å². The number of fused-ring (bicyclic) bond motifs is 2. The minimum atomic E-state index is 0.102. The molecule has 0 aromatic carbocycles. The molecule has 23 heavy (non-hydrogen) atoms. The largest absolute Gasteiger partial charge is 0.334 e. The summed E-state index contributed by atoms with van der Waals surface area (Å²) in [5, 5.41) is 7.45. The van der Waals surface area contributed by atoms with Gasteiger partial charge in [-0.1, -0.05) is 0 Å². The molecule has 7 heteroatoms. The average molecular weight is 318 g/mol. The maximum atomic E-state index is 13.0. The summed E-state index contributed by atoms with van der Waals surface area (Å²) in [6.07, 6.45) is 0.952. The van der Waals surface area contributed by atoms with Crippen molar-refractivity contribution in [3.8, 4) is 0 Å². The number of rotatable bonds is 1. The van der Waals surface area contributed by atoms with E-state index in [1.165, 1.54) is 0 Å². The number of carbonyl (C=O) groups is 1. The Morgan fingerprint density at radius 1 is 1.09 bits per heavy atom. The summed E-state index contributed by atoms with van der Waals surface area (Å²) in [5.74, 6) is 0.102. The van der Waals surface area contributed by atoms with Crippen LogP contribution in [0.25, 0.3) is 0 Å². The van der Waals surface area contributed by atoms with Gasteiger partial charge in [-0.25, -0.2) is 0 Å². The van der Waals surface area contributed by atoms with E-state index in [2.05, 4.69) is 39.0 Å². The fourth-order valence-corrected chi connectivity index (χ4v) is 4.05. The van der Waals surface area contributed by atoms with Crippen LogP contribution >= 0.6 is 0 Å². The van der Waals surface area contributed by atoms with Crippen LogP contribution in [0.2, 0.25) is 0 Å². The number of carbonyl (C=O) groups excluding carboxylic acids is 1. The van der Waals surface area contributed by atoms with Crippen LogP contribution in [0.5, 0.6) is 0 Å². The smallest absolute Gasteiger partial charge is 0.274 e. The predicted molar refractivity (Wildman–Crippen MR) is 87.4 cm³/mol. The van der Waals surface area contributed by atoms with Gasteiger partial charge < -0.3 is 14.7 Å². The van der Waals surface area contributed by atoms with Gasteiger partial charge in [-0.15, -0.1) is 0 Å². The van der Waals surface area contributed by atoms with Crippen molar-refractivity contribution in [3.63, 3.8) is 0 Å². The molecular formula is C16H26N6O. The molecule has 0 spiro atoms. The number of nitrogens with one attached hydrogen (secondary N) is 1. The summed E-state index contributed by atoms with van der Waals surface area (Å²) in [6.45, 7) is 7.75. The lowest BCUT2D eigenvalue weighted by Gasteiger charge is -2.46. The molecule has 3 aliphatic heterocycles. The molecule has 3 aliphatic rings. The third-order valence-electron chi connectivity index (χ3n) is 5.51. The van der Waals surface area contributed by atoms with Crippen LogP contribution in [-0.4, -0.2) is 102 Å². The number of hydrogen-bond acceptors (Lipinski definition) is 5. The minimum absolute atomic E-state index is 0.102. The summed E-state index contributed by atoms with van der Waals surface area (Å²) in [5.41, 5.74) is 2.89. The second kappa shape index (κ2) is 5.89. The highest BCUT2D eigenvalue weighted by molar-refractivity contribution is 5.94. The molecule has 1 aromatic rings. The summed E-state index contributed by atoms with van der Waals surface area (Å²) < 4.78 is 0. The maximum absolute atomic E-state index is 13.0. The van der Waals surface area contributed by atoms with Crippen LogP contribution in [0.15, 0.2) is 0 Å². The van der Waals surface area contributed by atoms with E-state index in [1.807, 2.05) is 4.90 Å². The molecule has 4 heterocycles. The molecule has 2 saturated heterocycles. The minimum Gasteiger partial charge on any atom is -0.334 e. The van der Waals surface area contributed by atoms with E-state index in [0.717, 1.165) is 70.0 Å². The zero-order chi connectivity index (χ0) is 16.0. The Morgan fingerprint density at radius 3 is 2.78 bits per heavy atom. The molecule has 1 atom stereocenters. The topological polar surface area (TPSA) is 58.7 Å². The molecule has 1 aromatic heterocycles. The molecule has 1 amide bonds. The molecule has 126 valence electrons. The van der Waals surface area contributed by atoms with Gasteiger partial charge in [0.25, 0.3) is 5.91 Å². The van der Waals surface area contributed by atoms with Crippen molar-refractivity contribution in [1.29, 1.82) is 0 Å². The van der Waals surface area contributed by atoms with E-state index in [-0.39, 0.29) is 5.91 Å². The molecule has 0 radical (unpaired) electrons. The average Bonchev–Trinajstić information content (AvgIpc) is 2.96. The van der Waals surface area contributed by atoms with Gasteiger partial charge >= 0.3 is 0 Å². The first-order valence-electron chi connectivity index (χ1n) is 8.58. The van der Waals surface area contributed by atoms with Gasteiger partial charge in [0.05, 0.1) is 0 Å². The second-order valence-electron chi connectivity index (χ2n) is 7.22. The van der Waals surface area contributed by atoms with Gasteiger partial charge in [0, 0.05) is 76.1 Å². The van der Waals surface area contributed by atoms with Crippen molar-refractivity contribution < 1.29 is 4.79 Å². The van der Waals surface area contributed by atoms with Gasteiger partial charge in [0.1, 0.15) is 0 Å². The van der Waals surface area contributed by atoms with Crippen molar-refractivity contribution in [1.82, 2.24) is 29.8 Å². The SMILES string of the molecule is CN1CCc2[nH]nc(C(=O)N3CCN4CCN(C)C[C@H]4C3)c2C1. The van der Waals surface area contributed by atoms with E-state index in [9.17, 15) is 4.79 Å². The zero-order valence-electron chi connectivity index (χ0n) is 14.1. The highest BCUT2D eigenvalue weighted by Gasteiger charge is 2.35. The van der Waals surface area contributed by atoms with E-state index in [0.29, 0.717) is 11.7 Å². The van der Waals surface area contributed by atoms with Crippen molar-refractivity contribution in [2.45, 2.75) is 19.0 Å². The zero-order valence-corrected chi connectivity index (χ0v) is 14.1. The van der Waals surface area contributed by atoms with Gasteiger partial charge in [-0.05, 0) is 14.1 Å². The first-order valence-corrected chi connectivity index (χ1v) is 8.58. The number of nitrogens with zero attached hydrogens (tertiary/aromatic N) is 5. The summed E-state index contributed by atoms with van der Waals surface area (Å²) in [7, 11) is 4.26. The highest BCUT2D eigenvalue weighted by atomic mass is 16.2. The van der Waals surface area contributed by atoms with Crippen molar-refractivity contribution in [2.24, 2.45) is 0 Å². The number of likely N-dealkylation sites (N-methyl/N-ethyl adjacent to an activating group) is 2. The Kier molecular flexibility index (Phi) is 3.87.